The van der Waals surface area contributed by atoms with E-state index in [1.54, 1.807) is 19.2 Å². The maximum absolute atomic E-state index is 12.4. The summed E-state index contributed by atoms with van der Waals surface area (Å²) in [4.78, 5) is 28.2. The van der Waals surface area contributed by atoms with Crippen LogP contribution in [0.15, 0.2) is 24.3 Å². The van der Waals surface area contributed by atoms with Crippen LogP contribution in [0.1, 0.15) is 12.0 Å². The Hall–Kier alpha value is -1.63. The van der Waals surface area contributed by atoms with Crippen LogP contribution < -0.4 is 5.32 Å². The molecule has 1 heterocycles. The molecule has 0 aliphatic carbocycles. The summed E-state index contributed by atoms with van der Waals surface area (Å²) in [7, 11) is 1.65. The highest BCUT2D eigenvalue weighted by molar-refractivity contribution is 6.30. The molecule has 0 radical (unpaired) electrons. The third kappa shape index (κ3) is 7.02. The lowest BCUT2D eigenvalue weighted by Crippen LogP contribution is -2.51. The Morgan fingerprint density at radius 2 is 1.84 bits per heavy atom. The predicted octanol–water partition coefficient (Wildman–Crippen LogP) is 1.18. The van der Waals surface area contributed by atoms with Gasteiger partial charge in [-0.2, -0.15) is 0 Å². The van der Waals surface area contributed by atoms with Crippen LogP contribution in [0.4, 0.5) is 0 Å². The highest BCUT2D eigenvalue weighted by Gasteiger charge is 2.22. The van der Waals surface area contributed by atoms with E-state index >= 15 is 0 Å². The fourth-order valence-electron chi connectivity index (χ4n) is 2.75. The summed E-state index contributed by atoms with van der Waals surface area (Å²) in [6.45, 7) is 4.41. The van der Waals surface area contributed by atoms with E-state index < -0.39 is 0 Å². The number of ether oxygens (including phenoxy) is 1. The third-order valence-corrected chi connectivity index (χ3v) is 4.46. The van der Waals surface area contributed by atoms with E-state index in [1.165, 1.54) is 0 Å². The van der Waals surface area contributed by atoms with Crippen molar-refractivity contribution in [1.29, 1.82) is 0 Å². The second-order valence-electron chi connectivity index (χ2n) is 6.16. The van der Waals surface area contributed by atoms with E-state index in [0.717, 1.165) is 25.1 Å². The fraction of sp³-hybridized carbons (Fsp3) is 0.556. The molecule has 1 aliphatic rings. The molecule has 0 bridgehead atoms. The lowest BCUT2D eigenvalue weighted by atomic mass is 10.1. The van der Waals surface area contributed by atoms with Crippen LogP contribution in [0.25, 0.3) is 0 Å². The molecule has 138 valence electrons. The van der Waals surface area contributed by atoms with Crippen LogP contribution in [-0.4, -0.2) is 74.6 Å². The first-order valence-corrected chi connectivity index (χ1v) is 8.96. The van der Waals surface area contributed by atoms with Crippen LogP contribution >= 0.6 is 11.6 Å². The standard InChI is InChI=1S/C18H26ClN3O3/c1-25-12-2-7-20-17(23)14-21-8-10-22(11-9-21)18(24)13-15-3-5-16(19)6-4-15/h3-6H,2,7-14H2,1H3,(H,20,23). The summed E-state index contributed by atoms with van der Waals surface area (Å²) in [5.74, 6) is 0.142. The Bertz CT molecular complexity index is 557. The van der Waals surface area contributed by atoms with Crippen LogP contribution in [0.2, 0.25) is 5.02 Å². The molecule has 2 rings (SSSR count). The largest absolute Gasteiger partial charge is 0.385 e. The summed E-state index contributed by atoms with van der Waals surface area (Å²) < 4.78 is 4.95. The number of methoxy groups -OCH3 is 1. The van der Waals surface area contributed by atoms with Crippen molar-refractivity contribution in [3.05, 3.63) is 34.9 Å². The first-order valence-electron chi connectivity index (χ1n) is 8.58. The summed E-state index contributed by atoms with van der Waals surface area (Å²) in [5.41, 5.74) is 0.965. The monoisotopic (exact) mass is 367 g/mol. The van der Waals surface area contributed by atoms with Gasteiger partial charge >= 0.3 is 0 Å². The molecule has 0 spiro atoms. The molecule has 0 aromatic heterocycles. The van der Waals surface area contributed by atoms with Gasteiger partial charge in [-0.1, -0.05) is 23.7 Å². The summed E-state index contributed by atoms with van der Waals surface area (Å²) in [6.07, 6.45) is 1.20. The van der Waals surface area contributed by atoms with Crippen molar-refractivity contribution in [3.63, 3.8) is 0 Å². The first kappa shape index (κ1) is 19.7. The van der Waals surface area contributed by atoms with Gasteiger partial charge in [-0.15, -0.1) is 0 Å². The number of hydrogen-bond acceptors (Lipinski definition) is 4. The first-order chi connectivity index (χ1) is 12.1. The van der Waals surface area contributed by atoms with Crippen molar-refractivity contribution in [1.82, 2.24) is 15.1 Å². The Labute approximate surface area is 154 Å². The molecule has 1 aromatic carbocycles. The molecule has 1 aliphatic heterocycles. The molecule has 6 nitrogen and oxygen atoms in total. The predicted molar refractivity (Wildman–Crippen MR) is 97.7 cm³/mol. The van der Waals surface area contributed by atoms with E-state index in [1.807, 2.05) is 17.0 Å². The van der Waals surface area contributed by atoms with Gasteiger partial charge < -0.3 is 15.0 Å². The molecule has 2 amide bonds. The Morgan fingerprint density at radius 3 is 2.48 bits per heavy atom. The quantitative estimate of drug-likeness (QED) is 0.701. The smallest absolute Gasteiger partial charge is 0.234 e. The Balaban J connectivity index is 1.67. The summed E-state index contributed by atoms with van der Waals surface area (Å²) in [5, 5.41) is 3.56. The molecule has 7 heteroatoms. The zero-order valence-electron chi connectivity index (χ0n) is 14.7. The maximum Gasteiger partial charge on any atom is 0.234 e. The van der Waals surface area contributed by atoms with E-state index in [9.17, 15) is 9.59 Å². The topological polar surface area (TPSA) is 61.9 Å². The summed E-state index contributed by atoms with van der Waals surface area (Å²) >= 11 is 5.86. The molecule has 0 saturated carbocycles. The number of nitrogens with zero attached hydrogens (tertiary/aromatic N) is 2. The molecule has 25 heavy (non-hydrogen) atoms. The molecular weight excluding hydrogens is 342 g/mol. The van der Waals surface area contributed by atoms with E-state index in [-0.39, 0.29) is 11.8 Å². The lowest BCUT2D eigenvalue weighted by molar-refractivity contribution is -0.132. The second kappa shape index (κ2) is 10.4. The van der Waals surface area contributed by atoms with Crippen molar-refractivity contribution < 1.29 is 14.3 Å². The Morgan fingerprint density at radius 1 is 1.16 bits per heavy atom. The van der Waals surface area contributed by atoms with E-state index in [2.05, 4.69) is 10.2 Å². The van der Waals surface area contributed by atoms with Crippen molar-refractivity contribution in [2.75, 3.05) is 53.0 Å². The highest BCUT2D eigenvalue weighted by atomic mass is 35.5. The minimum absolute atomic E-state index is 0.0250. The minimum Gasteiger partial charge on any atom is -0.385 e. The average Bonchev–Trinajstić information content (AvgIpc) is 2.61. The van der Waals surface area contributed by atoms with Gasteiger partial charge in [0.15, 0.2) is 0 Å². The number of nitrogens with one attached hydrogen (secondary N) is 1. The van der Waals surface area contributed by atoms with Crippen LogP contribution in [-0.2, 0) is 20.7 Å². The van der Waals surface area contributed by atoms with Crippen molar-refractivity contribution in [3.8, 4) is 0 Å². The number of amides is 2. The van der Waals surface area contributed by atoms with Crippen LogP contribution in [0.3, 0.4) is 0 Å². The van der Waals surface area contributed by atoms with Gasteiger partial charge in [-0.05, 0) is 24.1 Å². The molecule has 1 fully saturated rings. The lowest BCUT2D eigenvalue weighted by Gasteiger charge is -2.34. The van der Waals surface area contributed by atoms with Crippen LogP contribution in [0, 0.1) is 0 Å². The highest BCUT2D eigenvalue weighted by Crippen LogP contribution is 2.11. The molecule has 0 unspecified atom stereocenters. The van der Waals surface area contributed by atoms with Gasteiger partial charge in [0.2, 0.25) is 11.8 Å². The molecule has 0 atom stereocenters. The minimum atomic E-state index is 0.0250. The number of rotatable bonds is 8. The normalized spacial score (nSPS) is 15.2. The van der Waals surface area contributed by atoms with Gasteiger partial charge in [-0.25, -0.2) is 0 Å². The van der Waals surface area contributed by atoms with E-state index in [0.29, 0.717) is 44.2 Å². The third-order valence-electron chi connectivity index (χ3n) is 4.21. The van der Waals surface area contributed by atoms with Gasteiger partial charge in [-0.3, -0.25) is 14.5 Å². The molecule has 1 aromatic rings. The second-order valence-corrected chi connectivity index (χ2v) is 6.59. The molecular formula is C18H26ClN3O3. The van der Waals surface area contributed by atoms with E-state index in [4.69, 9.17) is 16.3 Å². The number of benzene rings is 1. The van der Waals surface area contributed by atoms with Crippen molar-refractivity contribution in [2.45, 2.75) is 12.8 Å². The summed E-state index contributed by atoms with van der Waals surface area (Å²) in [6, 6.07) is 7.36. The van der Waals surface area contributed by atoms with Crippen molar-refractivity contribution >= 4 is 23.4 Å². The fourth-order valence-corrected chi connectivity index (χ4v) is 2.87. The van der Waals surface area contributed by atoms with Gasteiger partial charge in [0.05, 0.1) is 13.0 Å². The number of carbonyl (C=O) groups is 2. The van der Waals surface area contributed by atoms with Gasteiger partial charge in [0.25, 0.3) is 0 Å². The number of hydrogen-bond donors (Lipinski definition) is 1. The average molecular weight is 368 g/mol. The SMILES string of the molecule is COCCCNC(=O)CN1CCN(C(=O)Cc2ccc(Cl)cc2)CC1. The zero-order valence-corrected chi connectivity index (χ0v) is 15.4. The van der Waals surface area contributed by atoms with Crippen LogP contribution in [0.5, 0.6) is 0 Å². The number of carbonyl (C=O) groups excluding carboxylic acids is 2. The molecule has 1 saturated heterocycles. The molecule has 1 N–H and O–H groups in total. The Kier molecular flexibility index (Phi) is 8.18. The maximum atomic E-state index is 12.4. The van der Waals surface area contributed by atoms with Gasteiger partial charge in [0, 0.05) is 51.5 Å². The zero-order chi connectivity index (χ0) is 18.1. The number of halogens is 1. The van der Waals surface area contributed by atoms with Gasteiger partial charge in [0.1, 0.15) is 0 Å². The number of piperazine rings is 1. The van der Waals surface area contributed by atoms with Crippen molar-refractivity contribution in [2.24, 2.45) is 0 Å².